The zero-order chi connectivity index (χ0) is 8.10. The fourth-order valence-corrected chi connectivity index (χ4v) is 0.521. The summed E-state index contributed by atoms with van der Waals surface area (Å²) in [6, 6.07) is 1.81. The van der Waals surface area contributed by atoms with Crippen LogP contribution in [0.1, 0.15) is 5.69 Å². The minimum atomic E-state index is 0.224. The minimum Gasteiger partial charge on any atom is -0.312 e. The molecular formula is C6H4N4O. The molecule has 5 nitrogen and oxygen atoms in total. The maximum atomic E-state index is 9.88. The van der Waals surface area contributed by atoms with Crippen molar-refractivity contribution in [2.24, 2.45) is 0 Å². The highest BCUT2D eigenvalue weighted by molar-refractivity contribution is 5.68. The number of aromatic nitrogens is 2. The van der Waals surface area contributed by atoms with E-state index < -0.39 is 0 Å². The summed E-state index contributed by atoms with van der Waals surface area (Å²) in [7, 11) is 0. The first-order valence-electron chi connectivity index (χ1n) is 2.79. The number of nitriles is 1. The number of amides is 1. The highest BCUT2D eigenvalue weighted by Crippen LogP contribution is 1.97. The summed E-state index contributed by atoms with van der Waals surface area (Å²) in [5.74, 6) is 0.332. The van der Waals surface area contributed by atoms with Crippen LogP contribution in [0.3, 0.4) is 0 Å². The van der Waals surface area contributed by atoms with Crippen LogP contribution in [-0.4, -0.2) is 16.4 Å². The average Bonchev–Trinajstić information content (AvgIpc) is 2.07. The van der Waals surface area contributed by atoms with Gasteiger partial charge in [-0.05, 0) is 0 Å². The van der Waals surface area contributed by atoms with E-state index in [-0.39, 0.29) is 5.69 Å². The molecule has 0 spiro atoms. The maximum absolute atomic E-state index is 9.88. The van der Waals surface area contributed by atoms with Crippen molar-refractivity contribution in [2.75, 3.05) is 5.32 Å². The highest BCUT2D eigenvalue weighted by atomic mass is 16.1. The number of nitrogens with zero attached hydrogens (tertiary/aromatic N) is 3. The molecule has 1 N–H and O–H groups in total. The molecule has 11 heavy (non-hydrogen) atoms. The van der Waals surface area contributed by atoms with Crippen LogP contribution in [0.2, 0.25) is 0 Å². The van der Waals surface area contributed by atoms with Crippen molar-refractivity contribution in [3.05, 3.63) is 18.1 Å². The number of hydrogen-bond donors (Lipinski definition) is 1. The number of carbonyl (C=O) groups is 1. The maximum Gasteiger partial charge on any atom is 0.212 e. The fourth-order valence-electron chi connectivity index (χ4n) is 0.521. The average molecular weight is 148 g/mol. The molecule has 0 saturated heterocycles. The zero-order valence-corrected chi connectivity index (χ0v) is 5.48. The molecule has 1 amide bonds. The van der Waals surface area contributed by atoms with Crippen LogP contribution in [0, 0.1) is 11.3 Å². The lowest BCUT2D eigenvalue weighted by Crippen LogP contribution is -1.97. The van der Waals surface area contributed by atoms with E-state index >= 15 is 0 Å². The summed E-state index contributed by atoms with van der Waals surface area (Å²) in [5, 5.41) is 10.6. The predicted octanol–water partition coefficient (Wildman–Crippen LogP) is -0.0834. The number of hydrogen-bond acceptors (Lipinski definition) is 4. The number of carbonyl (C=O) groups excluding carboxylic acids is 1. The lowest BCUT2D eigenvalue weighted by atomic mass is 10.5. The van der Waals surface area contributed by atoms with Gasteiger partial charge in [-0.3, -0.25) is 4.79 Å². The molecule has 0 unspecified atom stereocenters. The summed E-state index contributed by atoms with van der Waals surface area (Å²) in [4.78, 5) is 17.3. The third-order valence-corrected chi connectivity index (χ3v) is 0.973. The summed E-state index contributed by atoms with van der Waals surface area (Å²) >= 11 is 0. The summed E-state index contributed by atoms with van der Waals surface area (Å²) < 4.78 is 0. The highest BCUT2D eigenvalue weighted by Gasteiger charge is 1.92. The predicted molar refractivity (Wildman–Crippen MR) is 36.4 cm³/mol. The topological polar surface area (TPSA) is 78.7 Å². The first-order valence-corrected chi connectivity index (χ1v) is 2.79. The molecule has 0 atom stereocenters. The van der Waals surface area contributed by atoms with Crippen LogP contribution in [0.15, 0.2) is 12.4 Å². The van der Waals surface area contributed by atoms with Crippen molar-refractivity contribution < 1.29 is 4.79 Å². The Hall–Kier alpha value is -1.96. The second-order valence-corrected chi connectivity index (χ2v) is 1.66. The molecule has 0 aliphatic carbocycles. The van der Waals surface area contributed by atoms with E-state index in [4.69, 9.17) is 5.26 Å². The van der Waals surface area contributed by atoms with Crippen molar-refractivity contribution in [1.82, 2.24) is 9.97 Å². The lowest BCUT2D eigenvalue weighted by molar-refractivity contribution is -0.105. The first kappa shape index (κ1) is 7.15. The van der Waals surface area contributed by atoms with Crippen molar-refractivity contribution in [3.8, 4) is 6.07 Å². The standard InChI is InChI=1S/C6H4N4O/c7-1-5-2-9-6(3-8-5)10-4-11/h2-4H,(H,9,10,11). The van der Waals surface area contributed by atoms with Crippen molar-refractivity contribution in [2.45, 2.75) is 0 Å². The van der Waals surface area contributed by atoms with E-state index in [0.29, 0.717) is 12.2 Å². The molecule has 1 aromatic heterocycles. The van der Waals surface area contributed by atoms with E-state index in [1.807, 2.05) is 0 Å². The SMILES string of the molecule is N#Cc1cnc(NC=O)cn1. The van der Waals surface area contributed by atoms with Crippen LogP contribution < -0.4 is 5.32 Å². The molecule has 0 saturated carbocycles. The quantitative estimate of drug-likeness (QED) is 0.595. The molecule has 0 radical (unpaired) electrons. The van der Waals surface area contributed by atoms with Gasteiger partial charge in [0.05, 0.1) is 12.4 Å². The van der Waals surface area contributed by atoms with E-state index in [1.54, 1.807) is 6.07 Å². The van der Waals surface area contributed by atoms with Gasteiger partial charge in [0.15, 0.2) is 11.5 Å². The monoisotopic (exact) mass is 148 g/mol. The normalized spacial score (nSPS) is 8.27. The van der Waals surface area contributed by atoms with Crippen LogP contribution in [0.4, 0.5) is 5.82 Å². The van der Waals surface area contributed by atoms with E-state index in [0.717, 1.165) is 0 Å². The molecule has 1 rings (SSSR count). The largest absolute Gasteiger partial charge is 0.312 e. The van der Waals surface area contributed by atoms with Crippen LogP contribution in [0.5, 0.6) is 0 Å². The lowest BCUT2D eigenvalue weighted by Gasteiger charge is -1.93. The Balaban J connectivity index is 2.84. The first-order chi connectivity index (χ1) is 5.36. The molecule has 5 heteroatoms. The second kappa shape index (κ2) is 3.27. The smallest absolute Gasteiger partial charge is 0.212 e. The summed E-state index contributed by atoms with van der Waals surface area (Å²) in [5.41, 5.74) is 0.224. The summed E-state index contributed by atoms with van der Waals surface area (Å²) in [6.07, 6.45) is 3.09. The molecule has 0 bridgehead atoms. The Morgan fingerprint density at radius 2 is 2.36 bits per heavy atom. The van der Waals surface area contributed by atoms with E-state index in [2.05, 4.69) is 15.3 Å². The second-order valence-electron chi connectivity index (χ2n) is 1.66. The Morgan fingerprint density at radius 3 is 2.82 bits per heavy atom. The van der Waals surface area contributed by atoms with Crippen molar-refractivity contribution >= 4 is 12.2 Å². The minimum absolute atomic E-state index is 0.224. The molecule has 54 valence electrons. The molecule has 0 aliphatic heterocycles. The van der Waals surface area contributed by atoms with Gasteiger partial charge in [-0.2, -0.15) is 5.26 Å². The molecule has 0 aromatic carbocycles. The van der Waals surface area contributed by atoms with E-state index in [9.17, 15) is 4.79 Å². The van der Waals surface area contributed by atoms with E-state index in [1.165, 1.54) is 12.4 Å². The number of nitrogens with one attached hydrogen (secondary N) is 1. The van der Waals surface area contributed by atoms with Gasteiger partial charge < -0.3 is 5.32 Å². The third kappa shape index (κ3) is 1.72. The Labute approximate surface area is 62.7 Å². The number of anilines is 1. The van der Waals surface area contributed by atoms with Gasteiger partial charge in [0.25, 0.3) is 0 Å². The van der Waals surface area contributed by atoms with Gasteiger partial charge in [-0.1, -0.05) is 0 Å². The Kier molecular flexibility index (Phi) is 2.13. The fraction of sp³-hybridized carbons (Fsp3) is 0. The van der Waals surface area contributed by atoms with Gasteiger partial charge in [0.2, 0.25) is 6.41 Å². The molecule has 0 aliphatic rings. The third-order valence-electron chi connectivity index (χ3n) is 0.973. The van der Waals surface area contributed by atoms with Crippen LogP contribution in [0.25, 0.3) is 0 Å². The molecule has 1 aromatic rings. The summed E-state index contributed by atoms with van der Waals surface area (Å²) in [6.45, 7) is 0. The van der Waals surface area contributed by atoms with Gasteiger partial charge in [-0.25, -0.2) is 9.97 Å². The van der Waals surface area contributed by atoms with Gasteiger partial charge in [0.1, 0.15) is 6.07 Å². The van der Waals surface area contributed by atoms with Crippen LogP contribution >= 0.6 is 0 Å². The molecule has 1 heterocycles. The van der Waals surface area contributed by atoms with Gasteiger partial charge in [-0.15, -0.1) is 0 Å². The van der Waals surface area contributed by atoms with Gasteiger partial charge >= 0.3 is 0 Å². The van der Waals surface area contributed by atoms with Crippen LogP contribution in [-0.2, 0) is 4.79 Å². The van der Waals surface area contributed by atoms with Crippen molar-refractivity contribution in [1.29, 1.82) is 5.26 Å². The Bertz CT molecular complexity index is 286. The Morgan fingerprint density at radius 1 is 1.55 bits per heavy atom. The molecule has 0 fully saturated rings. The molecular weight excluding hydrogens is 144 g/mol. The number of rotatable bonds is 2. The zero-order valence-electron chi connectivity index (χ0n) is 5.48. The van der Waals surface area contributed by atoms with Gasteiger partial charge in [0, 0.05) is 0 Å². The van der Waals surface area contributed by atoms with Crippen molar-refractivity contribution in [3.63, 3.8) is 0 Å².